The number of rotatable bonds is 7. The van der Waals surface area contributed by atoms with E-state index in [0.29, 0.717) is 19.4 Å². The Morgan fingerprint density at radius 2 is 1.38 bits per heavy atom. The molecular formula is C24H29N3O2. The van der Waals surface area contributed by atoms with Gasteiger partial charge in [0.05, 0.1) is 0 Å². The zero-order valence-corrected chi connectivity index (χ0v) is 16.8. The van der Waals surface area contributed by atoms with Crippen molar-refractivity contribution < 1.29 is 9.59 Å². The maximum absolute atomic E-state index is 13.0. The average molecular weight is 392 g/mol. The molecule has 29 heavy (non-hydrogen) atoms. The number of aryl methyl sites for hydroxylation is 1. The molecule has 0 aliphatic carbocycles. The number of benzene rings is 2. The molecule has 0 atom stereocenters. The summed E-state index contributed by atoms with van der Waals surface area (Å²) in [5.41, 5.74) is 1.89. The summed E-state index contributed by atoms with van der Waals surface area (Å²) < 4.78 is 0. The lowest BCUT2D eigenvalue weighted by molar-refractivity contribution is -0.133. The summed E-state index contributed by atoms with van der Waals surface area (Å²) in [5.74, 6) is -0.0294. The summed E-state index contributed by atoms with van der Waals surface area (Å²) >= 11 is 0. The molecule has 1 spiro atoms. The molecule has 0 saturated carbocycles. The van der Waals surface area contributed by atoms with E-state index in [-0.39, 0.29) is 11.9 Å². The van der Waals surface area contributed by atoms with E-state index >= 15 is 0 Å². The van der Waals surface area contributed by atoms with E-state index in [1.165, 1.54) is 16.0 Å². The second-order valence-corrected chi connectivity index (χ2v) is 8.14. The van der Waals surface area contributed by atoms with Gasteiger partial charge < -0.3 is 10.2 Å². The Kier molecular flexibility index (Phi) is 5.95. The molecule has 0 radical (unpaired) electrons. The van der Waals surface area contributed by atoms with Crippen molar-refractivity contribution in [2.24, 2.45) is 0 Å². The highest BCUT2D eigenvalue weighted by molar-refractivity contribution is 6.07. The third-order valence-electron chi connectivity index (χ3n) is 6.21. The quantitative estimate of drug-likeness (QED) is 0.737. The van der Waals surface area contributed by atoms with Gasteiger partial charge in [-0.2, -0.15) is 0 Å². The summed E-state index contributed by atoms with van der Waals surface area (Å²) in [6.07, 6.45) is 4.07. The predicted octanol–water partition coefficient (Wildman–Crippen LogP) is 3.25. The van der Waals surface area contributed by atoms with Gasteiger partial charge in [-0.1, -0.05) is 60.7 Å². The van der Waals surface area contributed by atoms with E-state index in [4.69, 9.17) is 0 Å². The van der Waals surface area contributed by atoms with Crippen molar-refractivity contribution in [2.75, 3.05) is 26.2 Å². The van der Waals surface area contributed by atoms with E-state index in [9.17, 15) is 9.59 Å². The Labute approximate surface area is 172 Å². The van der Waals surface area contributed by atoms with Crippen molar-refractivity contribution in [3.05, 3.63) is 71.8 Å². The molecule has 1 N–H and O–H groups in total. The first-order valence-corrected chi connectivity index (χ1v) is 10.6. The molecule has 2 aliphatic rings. The Morgan fingerprint density at radius 3 is 2.00 bits per heavy atom. The first-order chi connectivity index (χ1) is 14.2. The summed E-state index contributed by atoms with van der Waals surface area (Å²) in [6.45, 7) is 3.16. The number of imide groups is 1. The van der Waals surface area contributed by atoms with Crippen LogP contribution in [0.4, 0.5) is 4.79 Å². The highest BCUT2D eigenvalue weighted by Crippen LogP contribution is 2.29. The van der Waals surface area contributed by atoms with E-state index in [0.717, 1.165) is 38.9 Å². The van der Waals surface area contributed by atoms with Gasteiger partial charge in [0, 0.05) is 26.2 Å². The fraction of sp³-hybridized carbons (Fsp3) is 0.417. The lowest BCUT2D eigenvalue weighted by Crippen LogP contribution is -2.55. The molecule has 0 unspecified atom stereocenters. The Hall–Kier alpha value is -2.66. The normalized spacial score (nSPS) is 19.0. The molecule has 0 aromatic heterocycles. The minimum Gasteiger partial charge on any atom is -0.323 e. The van der Waals surface area contributed by atoms with Gasteiger partial charge in [-0.15, -0.1) is 0 Å². The number of nitrogens with zero attached hydrogens (tertiary/aromatic N) is 2. The maximum Gasteiger partial charge on any atom is 0.325 e. The molecule has 4 rings (SSSR count). The lowest BCUT2D eigenvalue weighted by atomic mass is 9.87. The number of nitrogens with one attached hydrogen (secondary N) is 1. The number of hydrogen-bond acceptors (Lipinski definition) is 3. The molecule has 2 saturated heterocycles. The molecule has 5 heteroatoms. The molecular weight excluding hydrogens is 362 g/mol. The average Bonchev–Trinajstić information content (AvgIpc) is 2.99. The maximum atomic E-state index is 13.0. The molecule has 5 nitrogen and oxygen atoms in total. The van der Waals surface area contributed by atoms with Crippen molar-refractivity contribution in [3.63, 3.8) is 0 Å². The molecule has 2 fully saturated rings. The lowest BCUT2D eigenvalue weighted by Gasteiger charge is -2.37. The highest BCUT2D eigenvalue weighted by Gasteiger charge is 2.51. The van der Waals surface area contributed by atoms with Crippen LogP contribution in [0.25, 0.3) is 0 Å². The largest absolute Gasteiger partial charge is 0.325 e. The van der Waals surface area contributed by atoms with Crippen LogP contribution < -0.4 is 5.32 Å². The summed E-state index contributed by atoms with van der Waals surface area (Å²) in [5, 5.41) is 3.02. The standard InChI is InChI=1S/C24H29N3O2/c28-22-24(14-18-26(19-15-24)17-13-21-10-5-2-6-11-21)25-23(29)27(22)16-7-12-20-8-3-1-4-9-20/h1-6,8-11H,7,12-19H2,(H,25,29). The fourth-order valence-electron chi connectivity index (χ4n) is 4.39. The van der Waals surface area contributed by atoms with Crippen LogP contribution in [0.5, 0.6) is 0 Å². The van der Waals surface area contributed by atoms with E-state index < -0.39 is 5.54 Å². The number of hydrogen-bond donors (Lipinski definition) is 1. The van der Waals surface area contributed by atoms with Gasteiger partial charge >= 0.3 is 6.03 Å². The Balaban J connectivity index is 1.27. The number of likely N-dealkylation sites (tertiary alicyclic amines) is 1. The second kappa shape index (κ2) is 8.78. The van der Waals surface area contributed by atoms with Crippen LogP contribution in [0.2, 0.25) is 0 Å². The van der Waals surface area contributed by atoms with Crippen molar-refractivity contribution in [3.8, 4) is 0 Å². The molecule has 0 bridgehead atoms. The monoisotopic (exact) mass is 391 g/mol. The number of amides is 3. The van der Waals surface area contributed by atoms with Gasteiger partial charge in [-0.3, -0.25) is 9.69 Å². The Morgan fingerprint density at radius 1 is 0.793 bits per heavy atom. The van der Waals surface area contributed by atoms with Crippen molar-refractivity contribution in [1.82, 2.24) is 15.1 Å². The minimum atomic E-state index is -0.687. The van der Waals surface area contributed by atoms with Crippen LogP contribution in [0, 0.1) is 0 Å². The topological polar surface area (TPSA) is 52.7 Å². The zero-order valence-electron chi connectivity index (χ0n) is 16.8. The van der Waals surface area contributed by atoms with Gasteiger partial charge in [0.15, 0.2) is 0 Å². The number of piperidine rings is 1. The highest BCUT2D eigenvalue weighted by atomic mass is 16.2. The van der Waals surface area contributed by atoms with E-state index in [1.54, 1.807) is 0 Å². The first-order valence-electron chi connectivity index (χ1n) is 10.6. The smallest absolute Gasteiger partial charge is 0.323 e. The summed E-state index contributed by atoms with van der Waals surface area (Å²) in [7, 11) is 0. The molecule has 2 aliphatic heterocycles. The number of urea groups is 1. The fourth-order valence-corrected chi connectivity index (χ4v) is 4.39. The van der Waals surface area contributed by atoms with Crippen LogP contribution in [0.15, 0.2) is 60.7 Å². The van der Waals surface area contributed by atoms with Gasteiger partial charge in [0.25, 0.3) is 5.91 Å². The first kappa shape index (κ1) is 19.6. The molecule has 2 heterocycles. The minimum absolute atomic E-state index is 0.0294. The number of carbonyl (C=O) groups is 2. The zero-order chi connectivity index (χ0) is 20.1. The van der Waals surface area contributed by atoms with Crippen LogP contribution >= 0.6 is 0 Å². The van der Waals surface area contributed by atoms with Gasteiger partial charge in [-0.05, 0) is 43.2 Å². The van der Waals surface area contributed by atoms with Crippen LogP contribution in [0.1, 0.15) is 30.4 Å². The number of carbonyl (C=O) groups excluding carboxylic acids is 2. The van der Waals surface area contributed by atoms with Gasteiger partial charge in [0.2, 0.25) is 0 Å². The van der Waals surface area contributed by atoms with Crippen molar-refractivity contribution in [2.45, 2.75) is 37.6 Å². The van der Waals surface area contributed by atoms with Crippen molar-refractivity contribution in [1.29, 1.82) is 0 Å². The van der Waals surface area contributed by atoms with Crippen LogP contribution in [0.3, 0.4) is 0 Å². The van der Waals surface area contributed by atoms with Crippen LogP contribution in [-0.4, -0.2) is 53.5 Å². The van der Waals surface area contributed by atoms with Crippen LogP contribution in [-0.2, 0) is 17.6 Å². The van der Waals surface area contributed by atoms with Gasteiger partial charge in [-0.25, -0.2) is 4.79 Å². The molecule has 2 aromatic carbocycles. The molecule has 2 aromatic rings. The summed E-state index contributed by atoms with van der Waals surface area (Å²) in [4.78, 5) is 29.4. The summed E-state index contributed by atoms with van der Waals surface area (Å²) in [6, 6.07) is 20.5. The third kappa shape index (κ3) is 4.51. The van der Waals surface area contributed by atoms with E-state index in [1.807, 2.05) is 24.3 Å². The SMILES string of the molecule is O=C1NC2(CCN(CCc3ccccc3)CC2)C(=O)N1CCCc1ccccc1. The Bertz CT molecular complexity index is 830. The molecule has 152 valence electrons. The van der Waals surface area contributed by atoms with E-state index in [2.05, 4.69) is 46.6 Å². The molecule has 3 amide bonds. The van der Waals surface area contributed by atoms with Gasteiger partial charge in [0.1, 0.15) is 5.54 Å². The van der Waals surface area contributed by atoms with Crippen molar-refractivity contribution >= 4 is 11.9 Å². The third-order valence-corrected chi connectivity index (χ3v) is 6.21. The second-order valence-electron chi connectivity index (χ2n) is 8.14. The predicted molar refractivity (Wildman–Crippen MR) is 114 cm³/mol.